The minimum Gasteiger partial charge on any atom is -0.412 e. The van der Waals surface area contributed by atoms with E-state index in [-0.39, 0.29) is 0 Å². The summed E-state index contributed by atoms with van der Waals surface area (Å²) in [6, 6.07) is 0. The normalized spacial score (nSPS) is 40.8. The molecule has 2 fully saturated rings. The van der Waals surface area contributed by atoms with Crippen LogP contribution in [-0.2, 0) is 4.43 Å². The molecule has 1 nitrogen and oxygen atoms in total. The molecule has 0 aromatic heterocycles. The predicted molar refractivity (Wildman–Crippen MR) is 62.8 cm³/mol. The van der Waals surface area contributed by atoms with Crippen molar-refractivity contribution in [2.75, 3.05) is 0 Å². The first-order valence-corrected chi connectivity index (χ1v) is 9.19. The van der Waals surface area contributed by atoms with Crippen molar-refractivity contribution in [2.24, 2.45) is 11.8 Å². The van der Waals surface area contributed by atoms with Gasteiger partial charge in [-0.15, -0.1) is 6.58 Å². The van der Waals surface area contributed by atoms with Crippen LogP contribution in [0.1, 0.15) is 25.7 Å². The van der Waals surface area contributed by atoms with Crippen molar-refractivity contribution in [1.29, 1.82) is 0 Å². The molecule has 2 heteroatoms. The van der Waals surface area contributed by atoms with Crippen LogP contribution < -0.4 is 0 Å². The SMILES string of the molecule is C=CCC1CCC2(O[Si](C)(C)C)CC12. The van der Waals surface area contributed by atoms with Crippen LogP contribution in [0, 0.1) is 11.8 Å². The average Bonchev–Trinajstić information content (AvgIpc) is 2.62. The molecule has 3 unspecified atom stereocenters. The quantitative estimate of drug-likeness (QED) is 0.509. The lowest BCUT2D eigenvalue weighted by Crippen LogP contribution is -2.33. The summed E-state index contributed by atoms with van der Waals surface area (Å²) in [6.07, 6.45) is 7.27. The molecule has 3 atom stereocenters. The van der Waals surface area contributed by atoms with E-state index >= 15 is 0 Å². The van der Waals surface area contributed by atoms with Gasteiger partial charge in [-0.25, -0.2) is 0 Å². The predicted octanol–water partition coefficient (Wildman–Crippen LogP) is 3.58. The Hall–Kier alpha value is -0.0831. The molecule has 0 bridgehead atoms. The maximum absolute atomic E-state index is 6.34. The summed E-state index contributed by atoms with van der Waals surface area (Å²) in [5.74, 6) is 1.75. The lowest BCUT2D eigenvalue weighted by atomic mass is 10.00. The van der Waals surface area contributed by atoms with E-state index in [2.05, 4.69) is 32.3 Å². The smallest absolute Gasteiger partial charge is 0.184 e. The third kappa shape index (κ3) is 1.82. The highest BCUT2D eigenvalue weighted by molar-refractivity contribution is 6.69. The maximum Gasteiger partial charge on any atom is 0.184 e. The molecule has 0 amide bonds. The molecule has 0 saturated heterocycles. The van der Waals surface area contributed by atoms with Crippen LogP contribution >= 0.6 is 0 Å². The summed E-state index contributed by atoms with van der Waals surface area (Å²) in [7, 11) is -1.33. The zero-order valence-corrected chi connectivity index (χ0v) is 10.7. The van der Waals surface area contributed by atoms with Crippen LogP contribution in [0.5, 0.6) is 0 Å². The van der Waals surface area contributed by atoms with Crippen LogP contribution in [0.2, 0.25) is 19.6 Å². The zero-order valence-electron chi connectivity index (χ0n) is 9.68. The van der Waals surface area contributed by atoms with E-state index in [1.807, 2.05) is 0 Å². The molecule has 2 rings (SSSR count). The minimum atomic E-state index is -1.33. The monoisotopic (exact) mass is 210 g/mol. The van der Waals surface area contributed by atoms with Gasteiger partial charge in [0.05, 0.1) is 5.60 Å². The van der Waals surface area contributed by atoms with Crippen molar-refractivity contribution in [1.82, 2.24) is 0 Å². The molecule has 0 N–H and O–H groups in total. The van der Waals surface area contributed by atoms with Gasteiger partial charge >= 0.3 is 0 Å². The van der Waals surface area contributed by atoms with Crippen molar-refractivity contribution in [3.8, 4) is 0 Å². The molecule has 0 aliphatic heterocycles. The number of hydrogen-bond acceptors (Lipinski definition) is 1. The van der Waals surface area contributed by atoms with Crippen molar-refractivity contribution >= 4 is 8.32 Å². The lowest BCUT2D eigenvalue weighted by Gasteiger charge is -2.24. The fraction of sp³-hybridized carbons (Fsp3) is 0.833. The van der Waals surface area contributed by atoms with Gasteiger partial charge in [-0.3, -0.25) is 0 Å². The zero-order chi connectivity index (χ0) is 10.4. The lowest BCUT2D eigenvalue weighted by molar-refractivity contribution is 0.162. The van der Waals surface area contributed by atoms with Gasteiger partial charge in [0.2, 0.25) is 0 Å². The molecular weight excluding hydrogens is 188 g/mol. The number of allylic oxidation sites excluding steroid dienone is 1. The summed E-state index contributed by atoms with van der Waals surface area (Å²) >= 11 is 0. The van der Waals surface area contributed by atoms with Crippen LogP contribution in [0.4, 0.5) is 0 Å². The molecule has 0 spiro atoms. The molecular formula is C12H22OSi. The Labute approximate surface area is 88.7 Å². The van der Waals surface area contributed by atoms with Crippen LogP contribution in [-0.4, -0.2) is 13.9 Å². The minimum absolute atomic E-state index is 0.331. The Morgan fingerprint density at radius 2 is 2.21 bits per heavy atom. The van der Waals surface area contributed by atoms with Gasteiger partial charge in [0.15, 0.2) is 8.32 Å². The summed E-state index contributed by atoms with van der Waals surface area (Å²) in [4.78, 5) is 0. The molecule has 0 heterocycles. The Balaban J connectivity index is 1.94. The highest BCUT2D eigenvalue weighted by Gasteiger charge is 2.63. The third-order valence-electron chi connectivity index (χ3n) is 3.57. The fourth-order valence-corrected chi connectivity index (χ4v) is 4.66. The molecule has 2 aliphatic rings. The van der Waals surface area contributed by atoms with Crippen molar-refractivity contribution in [3.63, 3.8) is 0 Å². The van der Waals surface area contributed by atoms with Crippen LogP contribution in [0.25, 0.3) is 0 Å². The Morgan fingerprint density at radius 3 is 2.71 bits per heavy atom. The molecule has 14 heavy (non-hydrogen) atoms. The van der Waals surface area contributed by atoms with Gasteiger partial charge in [-0.1, -0.05) is 6.08 Å². The van der Waals surface area contributed by atoms with Crippen LogP contribution in [0.3, 0.4) is 0 Å². The van der Waals surface area contributed by atoms with Crippen molar-refractivity contribution in [2.45, 2.75) is 50.9 Å². The van der Waals surface area contributed by atoms with E-state index in [1.54, 1.807) is 0 Å². The summed E-state index contributed by atoms with van der Waals surface area (Å²) < 4.78 is 6.34. The van der Waals surface area contributed by atoms with E-state index in [0.717, 1.165) is 11.8 Å². The second kappa shape index (κ2) is 3.21. The summed E-state index contributed by atoms with van der Waals surface area (Å²) in [5.41, 5.74) is 0.331. The van der Waals surface area contributed by atoms with E-state index in [4.69, 9.17) is 4.43 Å². The number of fused-ring (bicyclic) bond motifs is 1. The number of hydrogen-bond donors (Lipinski definition) is 0. The van der Waals surface area contributed by atoms with Gasteiger partial charge in [-0.05, 0) is 57.2 Å². The number of rotatable bonds is 4. The van der Waals surface area contributed by atoms with E-state index in [9.17, 15) is 0 Å². The highest BCUT2D eigenvalue weighted by Crippen LogP contribution is 2.63. The first kappa shape index (κ1) is 10.4. The largest absolute Gasteiger partial charge is 0.412 e. The topological polar surface area (TPSA) is 9.23 Å². The Kier molecular flexibility index (Phi) is 2.39. The second-order valence-corrected chi connectivity index (χ2v) is 10.3. The van der Waals surface area contributed by atoms with E-state index in [0.29, 0.717) is 5.60 Å². The van der Waals surface area contributed by atoms with Gasteiger partial charge in [0.25, 0.3) is 0 Å². The molecule has 0 aromatic rings. The summed E-state index contributed by atoms with van der Waals surface area (Å²) in [6.45, 7) is 10.8. The van der Waals surface area contributed by atoms with E-state index in [1.165, 1.54) is 25.7 Å². The van der Waals surface area contributed by atoms with Gasteiger partial charge in [0.1, 0.15) is 0 Å². The maximum atomic E-state index is 6.34. The molecule has 0 aromatic carbocycles. The van der Waals surface area contributed by atoms with Crippen LogP contribution in [0.15, 0.2) is 12.7 Å². The standard InChI is InChI=1S/C12H22OSi/c1-5-6-10-7-8-12(9-11(10)12)13-14(2,3)4/h5,10-11H,1,6-9H2,2-4H3. The Bertz CT molecular complexity index is 243. The van der Waals surface area contributed by atoms with Gasteiger partial charge < -0.3 is 4.43 Å². The fourth-order valence-electron chi connectivity index (χ4n) is 3.10. The average molecular weight is 210 g/mol. The van der Waals surface area contributed by atoms with E-state index < -0.39 is 8.32 Å². The molecule has 0 radical (unpaired) electrons. The van der Waals surface area contributed by atoms with Gasteiger partial charge in [0, 0.05) is 0 Å². The second-order valence-electron chi connectivity index (χ2n) is 5.91. The molecule has 2 aliphatic carbocycles. The van der Waals surface area contributed by atoms with Crippen molar-refractivity contribution in [3.05, 3.63) is 12.7 Å². The van der Waals surface area contributed by atoms with Crippen molar-refractivity contribution < 1.29 is 4.43 Å². The third-order valence-corrected chi connectivity index (χ3v) is 4.59. The summed E-state index contributed by atoms with van der Waals surface area (Å²) in [5, 5.41) is 0. The highest BCUT2D eigenvalue weighted by atomic mass is 28.4. The molecule has 2 saturated carbocycles. The van der Waals surface area contributed by atoms with Gasteiger partial charge in [-0.2, -0.15) is 0 Å². The molecule has 80 valence electrons. The Morgan fingerprint density at radius 1 is 1.50 bits per heavy atom. The first-order chi connectivity index (χ1) is 6.47. The first-order valence-electron chi connectivity index (χ1n) is 5.78.